The van der Waals surface area contributed by atoms with Gasteiger partial charge in [0.2, 0.25) is 0 Å². The highest BCUT2D eigenvalue weighted by molar-refractivity contribution is 5.99. The van der Waals surface area contributed by atoms with Gasteiger partial charge in [0.25, 0.3) is 5.91 Å². The fraction of sp³-hybridized carbons (Fsp3) is 0.214. The summed E-state index contributed by atoms with van der Waals surface area (Å²) in [6.45, 7) is 2.05. The lowest BCUT2D eigenvalue weighted by molar-refractivity contribution is 0.0518. The Bertz CT molecular complexity index is 739. The minimum Gasteiger partial charge on any atom is -0.461 e. The molecule has 0 radical (unpaired) electrons. The molecule has 0 atom stereocenters. The molecular formula is C14H12FN3O3. The van der Waals surface area contributed by atoms with Gasteiger partial charge in [-0.05, 0) is 25.1 Å². The third-order valence-corrected chi connectivity index (χ3v) is 3.21. The van der Waals surface area contributed by atoms with Crippen LogP contribution in [0.15, 0.2) is 24.5 Å². The fourth-order valence-corrected chi connectivity index (χ4v) is 2.28. The summed E-state index contributed by atoms with van der Waals surface area (Å²) in [5, 5.41) is 2.63. The zero-order chi connectivity index (χ0) is 15.0. The van der Waals surface area contributed by atoms with Crippen LogP contribution in [0, 0.1) is 5.82 Å². The maximum atomic E-state index is 13.3. The molecular weight excluding hydrogens is 277 g/mol. The van der Waals surface area contributed by atoms with Gasteiger partial charge in [0, 0.05) is 0 Å². The van der Waals surface area contributed by atoms with Gasteiger partial charge in [0.1, 0.15) is 12.1 Å². The summed E-state index contributed by atoms with van der Waals surface area (Å²) >= 11 is 0. The molecule has 1 aliphatic rings. The lowest BCUT2D eigenvalue weighted by Crippen LogP contribution is -2.22. The number of hydrogen-bond acceptors (Lipinski definition) is 4. The topological polar surface area (TPSA) is 73.2 Å². The first-order valence-electron chi connectivity index (χ1n) is 6.43. The van der Waals surface area contributed by atoms with Crippen LogP contribution in [-0.4, -0.2) is 28.0 Å². The van der Waals surface area contributed by atoms with Gasteiger partial charge in [-0.1, -0.05) is 0 Å². The number of rotatable bonds is 2. The number of hydrogen-bond donors (Lipinski definition) is 1. The van der Waals surface area contributed by atoms with Crippen molar-refractivity contribution < 1.29 is 18.7 Å². The van der Waals surface area contributed by atoms with Crippen molar-refractivity contribution in [3.8, 4) is 5.69 Å². The average molecular weight is 289 g/mol. The third-order valence-electron chi connectivity index (χ3n) is 3.21. The van der Waals surface area contributed by atoms with Crippen LogP contribution in [-0.2, 0) is 11.3 Å². The van der Waals surface area contributed by atoms with Crippen LogP contribution in [0.1, 0.15) is 33.5 Å². The summed E-state index contributed by atoms with van der Waals surface area (Å²) in [6.07, 6.45) is 1.43. The summed E-state index contributed by atoms with van der Waals surface area (Å²) in [5.41, 5.74) is 1.33. The normalized spacial score (nSPS) is 13.0. The molecule has 7 heteroatoms. The maximum Gasteiger partial charge on any atom is 0.358 e. The smallest absolute Gasteiger partial charge is 0.358 e. The Morgan fingerprint density at radius 2 is 2.33 bits per heavy atom. The Kier molecular flexibility index (Phi) is 3.17. The van der Waals surface area contributed by atoms with Crippen molar-refractivity contribution in [1.82, 2.24) is 14.9 Å². The molecule has 0 unspecified atom stereocenters. The Morgan fingerprint density at radius 3 is 3.10 bits per heavy atom. The maximum absolute atomic E-state index is 13.3. The van der Waals surface area contributed by atoms with Gasteiger partial charge in [-0.15, -0.1) is 0 Å². The molecule has 6 nitrogen and oxygen atoms in total. The average Bonchev–Trinajstić information content (AvgIpc) is 2.83. The Morgan fingerprint density at radius 1 is 1.52 bits per heavy atom. The van der Waals surface area contributed by atoms with E-state index in [1.54, 1.807) is 11.5 Å². The van der Waals surface area contributed by atoms with E-state index in [9.17, 15) is 14.0 Å². The molecule has 1 amide bonds. The van der Waals surface area contributed by atoms with Crippen LogP contribution in [0.5, 0.6) is 0 Å². The fourth-order valence-electron chi connectivity index (χ4n) is 2.28. The van der Waals surface area contributed by atoms with E-state index in [0.717, 1.165) is 6.07 Å². The number of nitrogens with one attached hydrogen (secondary N) is 1. The number of fused-ring (bicyclic) bond motifs is 3. The standard InChI is InChI=1S/C14H12FN3O3/c1-2-21-14(20)12-11-6-16-13(19)9-5-8(15)3-4-10(9)18(11)7-17-12/h3-5,7H,2,6H2,1H3,(H,16,19). The van der Waals surface area contributed by atoms with E-state index in [4.69, 9.17) is 4.74 Å². The number of amides is 1. The Balaban J connectivity index is 2.15. The first-order chi connectivity index (χ1) is 10.1. The van der Waals surface area contributed by atoms with Gasteiger partial charge < -0.3 is 10.1 Å². The summed E-state index contributed by atoms with van der Waals surface area (Å²) in [7, 11) is 0. The SMILES string of the molecule is CCOC(=O)c1ncn2c1CNC(=O)c1cc(F)ccc1-2. The van der Waals surface area contributed by atoms with Gasteiger partial charge in [-0.3, -0.25) is 9.36 Å². The monoisotopic (exact) mass is 289 g/mol. The zero-order valence-corrected chi connectivity index (χ0v) is 11.2. The molecule has 1 N–H and O–H groups in total. The largest absolute Gasteiger partial charge is 0.461 e. The van der Waals surface area contributed by atoms with Crippen LogP contribution in [0.3, 0.4) is 0 Å². The van der Waals surface area contributed by atoms with Gasteiger partial charge in [0.05, 0.1) is 30.1 Å². The number of ether oxygens (including phenoxy) is 1. The number of benzene rings is 1. The van der Waals surface area contributed by atoms with Crippen molar-refractivity contribution in [3.63, 3.8) is 0 Å². The molecule has 1 aliphatic heterocycles. The molecule has 108 valence electrons. The van der Waals surface area contributed by atoms with E-state index in [1.165, 1.54) is 18.5 Å². The first-order valence-corrected chi connectivity index (χ1v) is 6.43. The molecule has 0 saturated heterocycles. The summed E-state index contributed by atoms with van der Waals surface area (Å²) in [6, 6.07) is 3.89. The summed E-state index contributed by atoms with van der Waals surface area (Å²) < 4.78 is 19.9. The van der Waals surface area contributed by atoms with Crippen molar-refractivity contribution in [2.45, 2.75) is 13.5 Å². The highest BCUT2D eigenvalue weighted by atomic mass is 19.1. The van der Waals surface area contributed by atoms with Gasteiger partial charge in [-0.2, -0.15) is 0 Å². The minimum absolute atomic E-state index is 0.114. The second-order valence-corrected chi connectivity index (χ2v) is 4.47. The highest BCUT2D eigenvalue weighted by Gasteiger charge is 2.26. The Labute approximate surface area is 119 Å². The number of nitrogens with zero attached hydrogens (tertiary/aromatic N) is 2. The van der Waals surface area contributed by atoms with E-state index in [0.29, 0.717) is 11.4 Å². The predicted octanol–water partition coefficient (Wildman–Crippen LogP) is 1.43. The van der Waals surface area contributed by atoms with Gasteiger partial charge >= 0.3 is 5.97 Å². The third kappa shape index (κ3) is 2.16. The molecule has 0 aliphatic carbocycles. The van der Waals surface area contributed by atoms with Crippen molar-refractivity contribution in [3.05, 3.63) is 47.3 Å². The van der Waals surface area contributed by atoms with Crippen molar-refractivity contribution in [2.75, 3.05) is 6.61 Å². The molecule has 3 rings (SSSR count). The molecule has 0 saturated carbocycles. The van der Waals surface area contributed by atoms with Crippen molar-refractivity contribution >= 4 is 11.9 Å². The van der Waals surface area contributed by atoms with Crippen molar-refractivity contribution in [2.24, 2.45) is 0 Å². The molecule has 0 fully saturated rings. The zero-order valence-electron chi connectivity index (χ0n) is 11.2. The second kappa shape index (κ2) is 5.01. The second-order valence-electron chi connectivity index (χ2n) is 4.47. The molecule has 0 spiro atoms. The number of aromatic nitrogens is 2. The van der Waals surface area contributed by atoms with Crippen LogP contribution in [0.25, 0.3) is 5.69 Å². The molecule has 2 heterocycles. The number of imidazole rings is 1. The summed E-state index contributed by atoms with van der Waals surface area (Å²) in [4.78, 5) is 27.9. The lowest BCUT2D eigenvalue weighted by atomic mass is 10.1. The van der Waals surface area contributed by atoms with Gasteiger partial charge in [-0.25, -0.2) is 14.2 Å². The molecule has 2 aromatic rings. The lowest BCUT2D eigenvalue weighted by Gasteiger charge is -2.07. The van der Waals surface area contributed by atoms with Crippen molar-refractivity contribution in [1.29, 1.82) is 0 Å². The summed E-state index contributed by atoms with van der Waals surface area (Å²) in [5.74, 6) is -1.45. The number of esters is 1. The van der Waals surface area contributed by atoms with Crippen LogP contribution in [0.4, 0.5) is 4.39 Å². The Hall–Kier alpha value is -2.70. The predicted molar refractivity (Wildman–Crippen MR) is 70.6 cm³/mol. The van der Waals surface area contributed by atoms with E-state index in [-0.39, 0.29) is 24.4 Å². The number of carbonyl (C=O) groups excluding carboxylic acids is 2. The number of halogens is 1. The number of carbonyl (C=O) groups is 2. The molecule has 0 bridgehead atoms. The van der Waals surface area contributed by atoms with E-state index in [2.05, 4.69) is 10.3 Å². The molecule has 1 aromatic carbocycles. The van der Waals surface area contributed by atoms with Crippen LogP contribution >= 0.6 is 0 Å². The first kappa shape index (κ1) is 13.3. The molecule has 21 heavy (non-hydrogen) atoms. The van der Waals surface area contributed by atoms with E-state index in [1.807, 2.05) is 0 Å². The molecule has 1 aromatic heterocycles. The minimum atomic E-state index is -0.550. The van der Waals surface area contributed by atoms with Crippen LogP contribution < -0.4 is 5.32 Å². The van der Waals surface area contributed by atoms with E-state index >= 15 is 0 Å². The van der Waals surface area contributed by atoms with E-state index < -0.39 is 17.7 Å². The van der Waals surface area contributed by atoms with Crippen LogP contribution in [0.2, 0.25) is 0 Å². The quantitative estimate of drug-likeness (QED) is 0.849. The van der Waals surface area contributed by atoms with Gasteiger partial charge in [0.15, 0.2) is 5.69 Å². The highest BCUT2D eigenvalue weighted by Crippen LogP contribution is 2.23.